The second kappa shape index (κ2) is 8.05. The standard InChI is InChI=1S/C28H46O2/c1-17(2)18(3)15-26(30)19(4)23-9-10-24-22-8-7-20-16-21(29)11-13-27(20,5)25(22)12-14-28(23,24)6/h16-19,22-26,30H,7-15H2,1-6H3/t18-,19+,22+,23-,24+,25+,26?,27+,28-/m1/s1. The quantitative estimate of drug-likeness (QED) is 0.536. The van der Waals surface area contributed by atoms with Gasteiger partial charge in [0.2, 0.25) is 0 Å². The van der Waals surface area contributed by atoms with E-state index in [1.165, 1.54) is 37.7 Å². The molecule has 0 aromatic rings. The number of ketones is 1. The lowest BCUT2D eigenvalue weighted by Gasteiger charge is -2.58. The molecule has 0 radical (unpaired) electrons. The van der Waals surface area contributed by atoms with Gasteiger partial charge in [0, 0.05) is 6.42 Å². The fourth-order valence-electron chi connectivity index (χ4n) is 8.60. The van der Waals surface area contributed by atoms with Gasteiger partial charge in [-0.15, -0.1) is 0 Å². The highest BCUT2D eigenvalue weighted by Crippen LogP contribution is 2.67. The van der Waals surface area contributed by atoms with Crippen molar-refractivity contribution in [2.45, 2.75) is 105 Å². The number of fused-ring (bicyclic) bond motifs is 5. The normalized spacial score (nSPS) is 44.0. The van der Waals surface area contributed by atoms with Crippen molar-refractivity contribution < 1.29 is 9.90 Å². The van der Waals surface area contributed by atoms with E-state index < -0.39 is 0 Å². The largest absolute Gasteiger partial charge is 0.393 e. The molecule has 0 aromatic carbocycles. The Morgan fingerprint density at radius 2 is 1.73 bits per heavy atom. The molecule has 0 heterocycles. The highest BCUT2D eigenvalue weighted by atomic mass is 16.3. The summed E-state index contributed by atoms with van der Waals surface area (Å²) in [6.45, 7) is 14.3. The van der Waals surface area contributed by atoms with Crippen LogP contribution in [0.3, 0.4) is 0 Å². The molecule has 0 saturated heterocycles. The summed E-state index contributed by atoms with van der Waals surface area (Å²) in [4.78, 5) is 12.1. The van der Waals surface area contributed by atoms with Crippen LogP contribution in [-0.2, 0) is 4.79 Å². The number of hydrogen-bond acceptors (Lipinski definition) is 2. The fraction of sp³-hybridized carbons (Fsp3) is 0.893. The number of aliphatic hydroxyl groups excluding tert-OH is 1. The Bertz CT molecular complexity index is 693. The average Bonchev–Trinajstić information content (AvgIpc) is 3.04. The van der Waals surface area contributed by atoms with E-state index in [2.05, 4.69) is 41.5 Å². The van der Waals surface area contributed by atoms with Crippen LogP contribution < -0.4 is 0 Å². The third-order valence-corrected chi connectivity index (χ3v) is 11.0. The molecule has 2 heteroatoms. The molecule has 0 spiro atoms. The van der Waals surface area contributed by atoms with Crippen molar-refractivity contribution in [2.75, 3.05) is 0 Å². The second-order valence-electron chi connectivity index (χ2n) is 12.6. The lowest BCUT2D eigenvalue weighted by Crippen LogP contribution is -2.51. The van der Waals surface area contributed by atoms with Crippen LogP contribution in [0, 0.1) is 52.3 Å². The maximum absolute atomic E-state index is 12.1. The minimum absolute atomic E-state index is 0.163. The van der Waals surface area contributed by atoms with Gasteiger partial charge in [0.1, 0.15) is 0 Å². The van der Waals surface area contributed by atoms with Gasteiger partial charge in [-0.2, -0.15) is 0 Å². The van der Waals surface area contributed by atoms with E-state index in [9.17, 15) is 9.90 Å². The summed E-state index contributed by atoms with van der Waals surface area (Å²) < 4.78 is 0. The summed E-state index contributed by atoms with van der Waals surface area (Å²) >= 11 is 0. The van der Waals surface area contributed by atoms with Gasteiger partial charge in [-0.05, 0) is 110 Å². The summed E-state index contributed by atoms with van der Waals surface area (Å²) in [6, 6.07) is 0. The Balaban J connectivity index is 1.51. The minimum Gasteiger partial charge on any atom is -0.393 e. The predicted octanol–water partition coefficient (Wildman–Crippen LogP) is 6.81. The molecule has 170 valence electrons. The molecule has 4 aliphatic rings. The molecule has 0 amide bonds. The molecule has 0 bridgehead atoms. The van der Waals surface area contributed by atoms with Crippen molar-refractivity contribution in [3.8, 4) is 0 Å². The Morgan fingerprint density at radius 3 is 2.43 bits per heavy atom. The van der Waals surface area contributed by atoms with Gasteiger partial charge in [-0.1, -0.05) is 47.1 Å². The second-order valence-corrected chi connectivity index (χ2v) is 12.6. The molecule has 0 aromatic heterocycles. The van der Waals surface area contributed by atoms with Crippen LogP contribution in [0.2, 0.25) is 0 Å². The van der Waals surface area contributed by atoms with Gasteiger partial charge in [0.25, 0.3) is 0 Å². The first-order valence-corrected chi connectivity index (χ1v) is 13.0. The molecule has 4 rings (SSSR count). The summed E-state index contributed by atoms with van der Waals surface area (Å²) in [5.41, 5.74) is 2.14. The van der Waals surface area contributed by atoms with Gasteiger partial charge in [0.15, 0.2) is 5.78 Å². The lowest BCUT2D eigenvalue weighted by atomic mass is 9.46. The predicted molar refractivity (Wildman–Crippen MR) is 124 cm³/mol. The van der Waals surface area contributed by atoms with Crippen molar-refractivity contribution in [2.24, 2.45) is 52.3 Å². The van der Waals surface area contributed by atoms with Gasteiger partial charge in [-0.25, -0.2) is 0 Å². The van der Waals surface area contributed by atoms with Crippen LogP contribution in [0.25, 0.3) is 0 Å². The first-order valence-electron chi connectivity index (χ1n) is 13.0. The van der Waals surface area contributed by atoms with E-state index in [1.54, 1.807) is 0 Å². The van der Waals surface area contributed by atoms with Crippen molar-refractivity contribution >= 4 is 5.78 Å². The highest BCUT2D eigenvalue weighted by Gasteiger charge is 2.59. The average molecular weight is 415 g/mol. The Morgan fingerprint density at radius 1 is 1.00 bits per heavy atom. The first-order chi connectivity index (χ1) is 14.1. The smallest absolute Gasteiger partial charge is 0.155 e. The van der Waals surface area contributed by atoms with Gasteiger partial charge >= 0.3 is 0 Å². The zero-order valence-electron chi connectivity index (χ0n) is 20.4. The molecular weight excluding hydrogens is 368 g/mol. The van der Waals surface area contributed by atoms with Crippen LogP contribution in [0.4, 0.5) is 0 Å². The van der Waals surface area contributed by atoms with Crippen LogP contribution in [0.5, 0.6) is 0 Å². The van der Waals surface area contributed by atoms with E-state index in [-0.39, 0.29) is 11.5 Å². The Kier molecular flexibility index (Phi) is 6.06. The molecular formula is C28H46O2. The van der Waals surface area contributed by atoms with E-state index in [4.69, 9.17) is 0 Å². The Labute approximate surface area is 185 Å². The SMILES string of the molecule is CC(C)[C@H](C)CC(O)[C@@H](C)[C@H]1CC[C@H]2[C@@H]3CCC4=CC(=O)CC[C@]4(C)[C@H]3CC[C@]12C. The number of rotatable bonds is 5. The maximum atomic E-state index is 12.1. The molecule has 0 aliphatic heterocycles. The minimum atomic E-state index is -0.163. The summed E-state index contributed by atoms with van der Waals surface area (Å²) in [5, 5.41) is 11.1. The number of allylic oxidation sites excluding steroid dienone is 1. The topological polar surface area (TPSA) is 37.3 Å². The summed E-state index contributed by atoms with van der Waals surface area (Å²) in [7, 11) is 0. The zero-order chi connectivity index (χ0) is 21.8. The summed E-state index contributed by atoms with van der Waals surface area (Å²) in [6.07, 6.45) is 12.4. The molecule has 4 aliphatic carbocycles. The van der Waals surface area contributed by atoms with E-state index in [0.29, 0.717) is 34.9 Å². The molecule has 9 atom stereocenters. The number of hydrogen-bond donors (Lipinski definition) is 1. The van der Waals surface area contributed by atoms with E-state index >= 15 is 0 Å². The Hall–Kier alpha value is -0.630. The van der Waals surface area contributed by atoms with Crippen molar-refractivity contribution in [1.82, 2.24) is 0 Å². The van der Waals surface area contributed by atoms with Crippen LogP contribution in [-0.4, -0.2) is 17.0 Å². The van der Waals surface area contributed by atoms with Gasteiger partial charge in [0.05, 0.1) is 6.10 Å². The number of carbonyl (C=O) groups is 1. The fourth-order valence-corrected chi connectivity index (χ4v) is 8.60. The third kappa shape index (κ3) is 3.54. The number of aliphatic hydroxyl groups is 1. The maximum Gasteiger partial charge on any atom is 0.155 e. The van der Waals surface area contributed by atoms with E-state index in [0.717, 1.165) is 43.4 Å². The van der Waals surface area contributed by atoms with Crippen molar-refractivity contribution in [1.29, 1.82) is 0 Å². The summed E-state index contributed by atoms with van der Waals surface area (Å²) in [5.74, 6) is 5.06. The molecule has 3 saturated carbocycles. The zero-order valence-corrected chi connectivity index (χ0v) is 20.4. The van der Waals surface area contributed by atoms with Crippen molar-refractivity contribution in [3.05, 3.63) is 11.6 Å². The molecule has 30 heavy (non-hydrogen) atoms. The molecule has 3 fully saturated rings. The molecule has 1 N–H and O–H groups in total. The monoisotopic (exact) mass is 414 g/mol. The molecule has 2 nitrogen and oxygen atoms in total. The van der Waals surface area contributed by atoms with Gasteiger partial charge in [-0.3, -0.25) is 4.79 Å². The van der Waals surface area contributed by atoms with Gasteiger partial charge < -0.3 is 5.11 Å². The third-order valence-electron chi connectivity index (χ3n) is 11.0. The van der Waals surface area contributed by atoms with Crippen LogP contribution in [0.15, 0.2) is 11.6 Å². The first kappa shape index (κ1) is 22.6. The molecule has 1 unspecified atom stereocenters. The van der Waals surface area contributed by atoms with Crippen LogP contribution in [0.1, 0.15) is 99.3 Å². The number of carbonyl (C=O) groups excluding carboxylic acids is 1. The van der Waals surface area contributed by atoms with Crippen LogP contribution >= 0.6 is 0 Å². The van der Waals surface area contributed by atoms with E-state index in [1.807, 2.05) is 6.08 Å². The van der Waals surface area contributed by atoms with Crippen molar-refractivity contribution in [3.63, 3.8) is 0 Å². The lowest BCUT2D eigenvalue weighted by molar-refractivity contribution is -0.117. The highest BCUT2D eigenvalue weighted by molar-refractivity contribution is 5.91.